The van der Waals surface area contributed by atoms with Crippen molar-refractivity contribution in [3.63, 3.8) is 0 Å². The summed E-state index contributed by atoms with van der Waals surface area (Å²) in [5, 5.41) is 4.07. The van der Waals surface area contributed by atoms with E-state index in [2.05, 4.69) is 41.3 Å². The molecule has 1 unspecified atom stereocenters. The van der Waals surface area contributed by atoms with E-state index in [1.807, 2.05) is 35.6 Å². The van der Waals surface area contributed by atoms with Crippen LogP contribution in [-0.2, 0) is 4.79 Å². The van der Waals surface area contributed by atoms with Gasteiger partial charge < -0.3 is 15.1 Å². The molecule has 1 saturated heterocycles. The summed E-state index contributed by atoms with van der Waals surface area (Å²) in [5.74, 6) is -0.00834. The van der Waals surface area contributed by atoms with Crippen molar-refractivity contribution < 1.29 is 4.79 Å². The zero-order chi connectivity index (χ0) is 23.1. The first-order valence-electron chi connectivity index (χ1n) is 11.0. The Bertz CT molecular complexity index is 894. The predicted octanol–water partition coefficient (Wildman–Crippen LogP) is 5.88. The third-order valence-corrected chi connectivity index (χ3v) is 7.73. The number of hydrogen-bond acceptors (Lipinski definition) is 5. The van der Waals surface area contributed by atoms with Crippen LogP contribution in [0.25, 0.3) is 0 Å². The van der Waals surface area contributed by atoms with Gasteiger partial charge in [0.2, 0.25) is 5.91 Å². The van der Waals surface area contributed by atoms with Gasteiger partial charge in [0, 0.05) is 48.4 Å². The van der Waals surface area contributed by atoms with Crippen molar-refractivity contribution in [2.24, 2.45) is 0 Å². The molecule has 1 amide bonds. The molecule has 0 bridgehead atoms. The maximum Gasteiger partial charge on any atom is 0.225 e. The van der Waals surface area contributed by atoms with E-state index in [9.17, 15) is 4.79 Å². The molecule has 0 spiro atoms. The Morgan fingerprint density at radius 2 is 1.84 bits per heavy atom. The van der Waals surface area contributed by atoms with E-state index in [0.717, 1.165) is 23.7 Å². The average molecular weight is 496 g/mol. The Hall–Kier alpha value is -1.44. The molecule has 3 rings (SSSR count). The fourth-order valence-electron chi connectivity index (χ4n) is 3.86. The standard InChI is InChI=1S/C24H32Cl2N4OS/c1-28(2)19-6-5-15-30(17-13-19)20-11-9-18(10-12-20)27-23(31)14-16-29(3)32-22-8-4-7-21(25)24(22)26/h4,7-12,19H,5-6,13-17H2,1-3H3,(H,27,31). The smallest absolute Gasteiger partial charge is 0.225 e. The second kappa shape index (κ2) is 12.1. The predicted molar refractivity (Wildman–Crippen MR) is 138 cm³/mol. The summed E-state index contributed by atoms with van der Waals surface area (Å²) in [6.07, 6.45) is 4.01. The van der Waals surface area contributed by atoms with Crippen molar-refractivity contribution in [1.29, 1.82) is 0 Å². The van der Waals surface area contributed by atoms with Crippen LogP contribution >= 0.6 is 35.1 Å². The molecular weight excluding hydrogens is 463 g/mol. The highest BCUT2D eigenvalue weighted by Gasteiger charge is 2.18. The lowest BCUT2D eigenvalue weighted by Gasteiger charge is -2.25. The van der Waals surface area contributed by atoms with E-state index in [-0.39, 0.29) is 5.91 Å². The summed E-state index contributed by atoms with van der Waals surface area (Å²) in [5.41, 5.74) is 2.05. The molecule has 174 valence electrons. The molecule has 1 aliphatic heterocycles. The van der Waals surface area contributed by atoms with Gasteiger partial charge in [-0.2, -0.15) is 0 Å². The largest absolute Gasteiger partial charge is 0.371 e. The molecule has 1 fully saturated rings. The molecule has 8 heteroatoms. The molecular formula is C24H32Cl2N4OS. The Labute approximate surface area is 206 Å². The van der Waals surface area contributed by atoms with E-state index in [1.165, 1.54) is 36.9 Å². The lowest BCUT2D eigenvalue weighted by atomic mass is 10.1. The third-order valence-electron chi connectivity index (χ3n) is 5.77. The molecule has 1 atom stereocenters. The second-order valence-corrected chi connectivity index (χ2v) is 10.4. The number of rotatable bonds is 8. The van der Waals surface area contributed by atoms with Crippen LogP contribution < -0.4 is 10.2 Å². The van der Waals surface area contributed by atoms with Crippen LogP contribution in [0.2, 0.25) is 10.0 Å². The first-order chi connectivity index (χ1) is 15.3. The zero-order valence-corrected chi connectivity index (χ0v) is 21.3. The number of anilines is 2. The molecule has 2 aromatic rings. The van der Waals surface area contributed by atoms with Crippen molar-refractivity contribution in [2.45, 2.75) is 36.6 Å². The average Bonchev–Trinajstić information content (AvgIpc) is 3.03. The SMILES string of the molecule is CN(CCC(=O)Nc1ccc(N2CCCC(N(C)C)CC2)cc1)Sc1cccc(Cl)c1Cl. The van der Waals surface area contributed by atoms with E-state index in [4.69, 9.17) is 23.2 Å². The first kappa shape index (κ1) is 25.2. The van der Waals surface area contributed by atoms with E-state index in [1.54, 1.807) is 6.07 Å². The highest BCUT2D eigenvalue weighted by atomic mass is 35.5. The molecule has 1 N–H and O–H groups in total. The Kier molecular flexibility index (Phi) is 9.56. The van der Waals surface area contributed by atoms with Gasteiger partial charge in [0.15, 0.2) is 0 Å². The van der Waals surface area contributed by atoms with Crippen LogP contribution in [0.1, 0.15) is 25.7 Å². The molecule has 2 aromatic carbocycles. The van der Waals surface area contributed by atoms with Crippen molar-refractivity contribution >= 4 is 52.4 Å². The van der Waals surface area contributed by atoms with E-state index < -0.39 is 0 Å². The van der Waals surface area contributed by atoms with Gasteiger partial charge in [0.05, 0.1) is 10.0 Å². The topological polar surface area (TPSA) is 38.8 Å². The summed E-state index contributed by atoms with van der Waals surface area (Å²) >= 11 is 13.8. The summed E-state index contributed by atoms with van der Waals surface area (Å²) in [6.45, 7) is 2.74. The summed E-state index contributed by atoms with van der Waals surface area (Å²) in [7, 11) is 6.27. The monoisotopic (exact) mass is 494 g/mol. The van der Waals surface area contributed by atoms with Gasteiger partial charge in [0.1, 0.15) is 0 Å². The van der Waals surface area contributed by atoms with Crippen LogP contribution in [0.15, 0.2) is 47.4 Å². The number of amides is 1. The van der Waals surface area contributed by atoms with Gasteiger partial charge in [-0.05, 0) is 88.8 Å². The molecule has 0 radical (unpaired) electrons. The second-order valence-electron chi connectivity index (χ2n) is 8.38. The number of halogens is 2. The van der Waals surface area contributed by atoms with Gasteiger partial charge in [0.25, 0.3) is 0 Å². The summed E-state index contributed by atoms with van der Waals surface area (Å²) < 4.78 is 1.99. The first-order valence-corrected chi connectivity index (χ1v) is 12.5. The minimum atomic E-state index is -0.00834. The molecule has 1 aliphatic rings. The van der Waals surface area contributed by atoms with Crippen molar-refractivity contribution in [2.75, 3.05) is 51.0 Å². The zero-order valence-electron chi connectivity index (χ0n) is 19.0. The number of carbonyl (C=O) groups excluding carboxylic acids is 1. The summed E-state index contributed by atoms with van der Waals surface area (Å²) in [4.78, 5) is 18.1. The van der Waals surface area contributed by atoms with Gasteiger partial charge in [-0.3, -0.25) is 4.79 Å². The van der Waals surface area contributed by atoms with E-state index >= 15 is 0 Å². The van der Waals surface area contributed by atoms with Crippen LogP contribution in [0.4, 0.5) is 11.4 Å². The van der Waals surface area contributed by atoms with Crippen LogP contribution in [0, 0.1) is 0 Å². The molecule has 0 aliphatic carbocycles. The maximum atomic E-state index is 12.4. The number of carbonyl (C=O) groups is 1. The van der Waals surface area contributed by atoms with Crippen LogP contribution in [-0.4, -0.2) is 61.9 Å². The normalized spacial score (nSPS) is 17.0. The quantitative estimate of drug-likeness (QED) is 0.463. The molecule has 32 heavy (non-hydrogen) atoms. The van der Waals surface area contributed by atoms with Crippen molar-refractivity contribution in [3.05, 3.63) is 52.5 Å². The van der Waals surface area contributed by atoms with Gasteiger partial charge in [-0.1, -0.05) is 29.3 Å². The highest BCUT2D eigenvalue weighted by Crippen LogP contribution is 2.34. The highest BCUT2D eigenvalue weighted by molar-refractivity contribution is 7.97. The number of hydrogen-bond donors (Lipinski definition) is 1. The molecule has 5 nitrogen and oxygen atoms in total. The number of nitrogens with zero attached hydrogens (tertiary/aromatic N) is 3. The Morgan fingerprint density at radius 3 is 2.56 bits per heavy atom. The van der Waals surface area contributed by atoms with Crippen molar-refractivity contribution in [3.8, 4) is 0 Å². The fraction of sp³-hybridized carbons (Fsp3) is 0.458. The van der Waals surface area contributed by atoms with E-state index in [0.29, 0.717) is 29.1 Å². The van der Waals surface area contributed by atoms with Crippen molar-refractivity contribution in [1.82, 2.24) is 9.21 Å². The number of nitrogens with one attached hydrogen (secondary N) is 1. The minimum Gasteiger partial charge on any atom is -0.371 e. The Balaban J connectivity index is 1.45. The third kappa shape index (κ3) is 7.29. The Morgan fingerprint density at radius 1 is 1.09 bits per heavy atom. The number of benzene rings is 2. The minimum absolute atomic E-state index is 0.00834. The maximum absolute atomic E-state index is 12.4. The molecule has 0 aromatic heterocycles. The molecule has 1 heterocycles. The van der Waals surface area contributed by atoms with Crippen LogP contribution in [0.5, 0.6) is 0 Å². The van der Waals surface area contributed by atoms with Gasteiger partial charge in [-0.15, -0.1) is 0 Å². The summed E-state index contributed by atoms with van der Waals surface area (Å²) in [6, 6.07) is 14.4. The van der Waals surface area contributed by atoms with Gasteiger partial charge >= 0.3 is 0 Å². The van der Waals surface area contributed by atoms with Crippen LogP contribution in [0.3, 0.4) is 0 Å². The molecule has 0 saturated carbocycles. The fourth-order valence-corrected chi connectivity index (χ4v) is 5.17. The van der Waals surface area contributed by atoms with Gasteiger partial charge in [-0.25, -0.2) is 4.31 Å². The lowest BCUT2D eigenvalue weighted by molar-refractivity contribution is -0.116. The lowest BCUT2D eigenvalue weighted by Crippen LogP contribution is -2.30.